The largest absolute Gasteiger partial charge is 0.394 e. The molecular formula is C7H10BFO2. The van der Waals surface area contributed by atoms with Gasteiger partial charge in [-0.1, -0.05) is 5.92 Å². The lowest BCUT2D eigenvalue weighted by atomic mass is 9.84. The van der Waals surface area contributed by atoms with Crippen molar-refractivity contribution in [2.45, 2.75) is 24.2 Å². The van der Waals surface area contributed by atoms with Gasteiger partial charge < -0.3 is 9.84 Å². The quantitative estimate of drug-likeness (QED) is 0.392. The Hall–Kier alpha value is -0.525. The number of hydrogen-bond acceptors (Lipinski definition) is 2. The van der Waals surface area contributed by atoms with Crippen LogP contribution in [0.5, 0.6) is 0 Å². The molecule has 1 aliphatic heterocycles. The maximum atomic E-state index is 13.4. The van der Waals surface area contributed by atoms with Gasteiger partial charge in [-0.15, -0.1) is 6.42 Å². The topological polar surface area (TPSA) is 29.5 Å². The number of aliphatic hydroxyl groups is 1. The predicted octanol–water partition coefficient (Wildman–Crippen LogP) is -0.932. The van der Waals surface area contributed by atoms with Crippen LogP contribution in [0.15, 0.2) is 0 Å². The molecule has 1 aliphatic rings. The fourth-order valence-corrected chi connectivity index (χ4v) is 1.23. The molecule has 1 fully saturated rings. The molecule has 0 bridgehead atoms. The fraction of sp³-hybridized carbons (Fsp3) is 0.714. The van der Waals surface area contributed by atoms with Crippen molar-refractivity contribution >= 4 is 7.85 Å². The van der Waals surface area contributed by atoms with E-state index in [1.165, 1.54) is 0 Å². The Kier molecular flexibility index (Phi) is 2.21. The smallest absolute Gasteiger partial charge is 0.191 e. The van der Waals surface area contributed by atoms with Crippen LogP contribution in [0, 0.1) is 12.3 Å². The predicted molar refractivity (Wildman–Crippen MR) is 41.6 cm³/mol. The molecule has 0 aromatic rings. The van der Waals surface area contributed by atoms with E-state index < -0.39 is 17.8 Å². The standard InChI is InChI=1S/C7H10BFO2/c1-2-7(9)3-5(4-10)11-6(7)8/h1,5-6,10H,3-4,8H2/t5-,6+,7?/m0/s1. The lowest BCUT2D eigenvalue weighted by Crippen LogP contribution is -2.31. The third kappa shape index (κ3) is 1.40. The van der Waals surface area contributed by atoms with E-state index >= 15 is 0 Å². The Morgan fingerprint density at radius 2 is 2.55 bits per heavy atom. The van der Waals surface area contributed by atoms with Crippen molar-refractivity contribution in [2.75, 3.05) is 6.61 Å². The average molecular weight is 156 g/mol. The molecule has 1 N–H and O–H groups in total. The minimum Gasteiger partial charge on any atom is -0.394 e. The first kappa shape index (κ1) is 8.57. The Morgan fingerprint density at radius 3 is 2.82 bits per heavy atom. The molecule has 0 radical (unpaired) electrons. The summed E-state index contributed by atoms with van der Waals surface area (Å²) in [6, 6.07) is -0.607. The van der Waals surface area contributed by atoms with Crippen molar-refractivity contribution in [3.63, 3.8) is 0 Å². The van der Waals surface area contributed by atoms with Crippen molar-refractivity contribution in [1.29, 1.82) is 0 Å². The number of terminal acetylenes is 1. The first-order valence-corrected chi connectivity index (χ1v) is 3.55. The van der Waals surface area contributed by atoms with Gasteiger partial charge in [0, 0.05) is 6.42 Å². The van der Waals surface area contributed by atoms with Gasteiger partial charge in [-0.25, -0.2) is 4.39 Å². The van der Waals surface area contributed by atoms with Crippen LogP contribution < -0.4 is 0 Å². The van der Waals surface area contributed by atoms with Crippen LogP contribution in [0.1, 0.15) is 6.42 Å². The number of ether oxygens (including phenoxy) is 1. The third-order valence-corrected chi connectivity index (χ3v) is 2.01. The number of hydrogen-bond donors (Lipinski definition) is 1. The van der Waals surface area contributed by atoms with Crippen molar-refractivity contribution in [2.24, 2.45) is 0 Å². The maximum Gasteiger partial charge on any atom is 0.191 e. The molecule has 0 amide bonds. The summed E-state index contributed by atoms with van der Waals surface area (Å²) in [5.74, 6) is 2.05. The van der Waals surface area contributed by atoms with Crippen LogP contribution in [0.4, 0.5) is 4.39 Å². The second kappa shape index (κ2) is 2.84. The molecule has 11 heavy (non-hydrogen) atoms. The van der Waals surface area contributed by atoms with Crippen LogP contribution in [-0.4, -0.2) is 37.3 Å². The summed E-state index contributed by atoms with van der Waals surface area (Å²) in [6.07, 6.45) is 4.65. The summed E-state index contributed by atoms with van der Waals surface area (Å²) in [5.41, 5.74) is -1.69. The van der Waals surface area contributed by atoms with Gasteiger partial charge in [0.05, 0.1) is 18.7 Å². The molecule has 3 atom stereocenters. The van der Waals surface area contributed by atoms with Crippen LogP contribution in [-0.2, 0) is 4.74 Å². The zero-order chi connectivity index (χ0) is 8.48. The highest BCUT2D eigenvalue weighted by Crippen LogP contribution is 2.31. The Morgan fingerprint density at radius 1 is 1.91 bits per heavy atom. The normalized spacial score (nSPS) is 43.7. The van der Waals surface area contributed by atoms with E-state index in [2.05, 4.69) is 5.92 Å². The second-order valence-electron chi connectivity index (χ2n) is 2.79. The van der Waals surface area contributed by atoms with Gasteiger partial charge in [0.2, 0.25) is 0 Å². The Labute approximate surface area is 66.1 Å². The van der Waals surface area contributed by atoms with Crippen molar-refractivity contribution in [3.05, 3.63) is 0 Å². The van der Waals surface area contributed by atoms with Crippen LogP contribution in [0.2, 0.25) is 0 Å². The van der Waals surface area contributed by atoms with E-state index in [0.29, 0.717) is 0 Å². The van der Waals surface area contributed by atoms with Gasteiger partial charge in [0.1, 0.15) is 7.85 Å². The van der Waals surface area contributed by atoms with E-state index in [4.69, 9.17) is 16.3 Å². The molecule has 0 aliphatic carbocycles. The van der Waals surface area contributed by atoms with E-state index in [9.17, 15) is 4.39 Å². The van der Waals surface area contributed by atoms with Crippen LogP contribution in [0.3, 0.4) is 0 Å². The first-order valence-electron chi connectivity index (χ1n) is 3.55. The highest BCUT2D eigenvalue weighted by Gasteiger charge is 2.44. The summed E-state index contributed by atoms with van der Waals surface area (Å²) in [4.78, 5) is 0. The van der Waals surface area contributed by atoms with Gasteiger partial charge in [-0.05, 0) is 0 Å². The molecule has 1 saturated heterocycles. The minimum atomic E-state index is -1.69. The Balaban J connectivity index is 2.67. The molecule has 1 heterocycles. The van der Waals surface area contributed by atoms with Crippen molar-refractivity contribution in [3.8, 4) is 12.3 Å². The fourth-order valence-electron chi connectivity index (χ4n) is 1.23. The van der Waals surface area contributed by atoms with Gasteiger partial charge in [0.25, 0.3) is 0 Å². The second-order valence-corrected chi connectivity index (χ2v) is 2.79. The number of halogens is 1. The monoisotopic (exact) mass is 156 g/mol. The molecule has 0 aromatic carbocycles. The van der Waals surface area contributed by atoms with E-state index in [1.54, 1.807) is 7.85 Å². The summed E-state index contributed by atoms with van der Waals surface area (Å²) >= 11 is 0. The van der Waals surface area contributed by atoms with Gasteiger partial charge >= 0.3 is 0 Å². The maximum absolute atomic E-state index is 13.4. The summed E-state index contributed by atoms with van der Waals surface area (Å²) in [6.45, 7) is -0.169. The highest BCUT2D eigenvalue weighted by atomic mass is 19.1. The molecule has 60 valence electrons. The molecule has 2 nitrogen and oxygen atoms in total. The number of aliphatic hydroxyl groups excluding tert-OH is 1. The molecule has 4 heteroatoms. The van der Waals surface area contributed by atoms with E-state index in [-0.39, 0.29) is 13.0 Å². The number of rotatable bonds is 1. The van der Waals surface area contributed by atoms with Crippen LogP contribution >= 0.6 is 0 Å². The van der Waals surface area contributed by atoms with Gasteiger partial charge in [0.15, 0.2) is 5.67 Å². The van der Waals surface area contributed by atoms with Crippen molar-refractivity contribution in [1.82, 2.24) is 0 Å². The SMILES string of the molecule is B[C@@H]1O[C@H](CO)CC1(F)C#C. The zero-order valence-electron chi connectivity index (χ0n) is 6.38. The summed E-state index contributed by atoms with van der Waals surface area (Å²) in [5, 5.41) is 8.65. The Bertz CT molecular complexity index is 191. The summed E-state index contributed by atoms with van der Waals surface area (Å²) in [7, 11) is 1.58. The molecule has 0 aromatic heterocycles. The average Bonchev–Trinajstić information content (AvgIpc) is 2.29. The third-order valence-electron chi connectivity index (χ3n) is 2.01. The highest BCUT2D eigenvalue weighted by molar-refractivity contribution is 6.12. The van der Waals surface area contributed by atoms with E-state index in [0.717, 1.165) is 0 Å². The first-order chi connectivity index (χ1) is 5.12. The summed E-state index contributed by atoms with van der Waals surface area (Å²) < 4.78 is 18.4. The molecular weight excluding hydrogens is 146 g/mol. The molecule has 1 rings (SSSR count). The van der Waals surface area contributed by atoms with Gasteiger partial charge in [-0.2, -0.15) is 0 Å². The molecule has 0 spiro atoms. The van der Waals surface area contributed by atoms with E-state index in [1.807, 2.05) is 0 Å². The van der Waals surface area contributed by atoms with Crippen molar-refractivity contribution < 1.29 is 14.2 Å². The van der Waals surface area contributed by atoms with Gasteiger partial charge in [-0.3, -0.25) is 0 Å². The zero-order valence-corrected chi connectivity index (χ0v) is 6.38. The molecule has 1 unspecified atom stereocenters. The minimum absolute atomic E-state index is 0.0984. The van der Waals surface area contributed by atoms with Crippen LogP contribution in [0.25, 0.3) is 0 Å². The number of alkyl halides is 1. The lowest BCUT2D eigenvalue weighted by molar-refractivity contribution is 0.0329. The molecule has 0 saturated carbocycles. The lowest BCUT2D eigenvalue weighted by Gasteiger charge is -2.14.